The third kappa shape index (κ3) is 3.19. The van der Waals surface area contributed by atoms with E-state index in [1.807, 2.05) is 69.3 Å². The lowest BCUT2D eigenvalue weighted by Gasteiger charge is -2.10. The summed E-state index contributed by atoms with van der Waals surface area (Å²) < 4.78 is 5.36. The minimum Gasteiger partial charge on any atom is -0.335 e. The zero-order valence-electron chi connectivity index (χ0n) is 15.4. The highest BCUT2D eigenvalue weighted by Crippen LogP contribution is 2.28. The Kier molecular flexibility index (Phi) is 4.20. The molecule has 2 heterocycles. The van der Waals surface area contributed by atoms with Gasteiger partial charge >= 0.3 is 0 Å². The number of carbonyl (C=O) groups is 1. The maximum atomic E-state index is 13.1. The normalized spacial score (nSPS) is 10.9. The van der Waals surface area contributed by atoms with E-state index >= 15 is 0 Å². The Labute approximate surface area is 157 Å². The summed E-state index contributed by atoms with van der Waals surface area (Å²) >= 11 is 0. The largest absolute Gasteiger partial charge is 0.335 e. The van der Waals surface area contributed by atoms with Crippen molar-refractivity contribution in [2.45, 2.75) is 20.8 Å². The number of nitrogens with zero attached hydrogens (tertiary/aromatic N) is 2. The van der Waals surface area contributed by atoms with Gasteiger partial charge in [0.25, 0.3) is 11.6 Å². The smallest absolute Gasteiger partial charge is 0.259 e. The van der Waals surface area contributed by atoms with Crippen LogP contribution >= 0.6 is 0 Å². The Balaban J connectivity index is 1.83. The van der Waals surface area contributed by atoms with Gasteiger partial charge < -0.3 is 9.84 Å². The van der Waals surface area contributed by atoms with Crippen LogP contribution in [-0.4, -0.2) is 16.0 Å². The Morgan fingerprint density at radius 1 is 1.00 bits per heavy atom. The number of hydrogen-bond acceptors (Lipinski definition) is 4. The fraction of sp³-hybridized carbons (Fsp3) is 0.136. The third-order valence-corrected chi connectivity index (χ3v) is 4.60. The summed E-state index contributed by atoms with van der Waals surface area (Å²) in [4.78, 5) is 17.6. The molecule has 0 aliphatic rings. The molecule has 5 heteroatoms. The second-order valence-corrected chi connectivity index (χ2v) is 6.64. The van der Waals surface area contributed by atoms with Crippen molar-refractivity contribution in [3.63, 3.8) is 0 Å². The molecule has 0 radical (unpaired) electrons. The fourth-order valence-electron chi connectivity index (χ4n) is 3.05. The highest BCUT2D eigenvalue weighted by atomic mass is 16.5. The summed E-state index contributed by atoms with van der Waals surface area (Å²) in [6, 6.07) is 17.5. The molecular formula is C22H19N3O2. The molecule has 0 aliphatic carbocycles. The molecule has 1 N–H and O–H groups in total. The summed E-state index contributed by atoms with van der Waals surface area (Å²) in [5.74, 6) is -0.212. The standard InChI is InChI=1S/C22H19N3O2/c1-13-8-10-16(11-9-13)19-12-17(20-15(3)25-27-22(20)24-19)21(26)23-18-7-5-4-6-14(18)2/h4-12H,1-3H3,(H,23,26). The van der Waals surface area contributed by atoms with Gasteiger partial charge in [-0.3, -0.25) is 4.79 Å². The van der Waals surface area contributed by atoms with E-state index in [2.05, 4.69) is 15.5 Å². The summed E-state index contributed by atoms with van der Waals surface area (Å²) in [7, 11) is 0. The lowest BCUT2D eigenvalue weighted by atomic mass is 10.0. The van der Waals surface area contributed by atoms with Crippen molar-refractivity contribution in [2.24, 2.45) is 0 Å². The maximum absolute atomic E-state index is 13.1. The van der Waals surface area contributed by atoms with Gasteiger partial charge in [0.15, 0.2) is 0 Å². The molecule has 0 saturated heterocycles. The topological polar surface area (TPSA) is 68.0 Å². The Morgan fingerprint density at radius 2 is 1.74 bits per heavy atom. The molecule has 27 heavy (non-hydrogen) atoms. The Bertz CT molecular complexity index is 1140. The van der Waals surface area contributed by atoms with Gasteiger partial charge in [0.2, 0.25) is 0 Å². The van der Waals surface area contributed by atoms with Crippen molar-refractivity contribution in [1.82, 2.24) is 10.1 Å². The van der Waals surface area contributed by atoms with E-state index in [0.717, 1.165) is 22.4 Å². The molecule has 4 aromatic rings. The highest BCUT2D eigenvalue weighted by molar-refractivity contribution is 6.13. The molecule has 0 saturated carbocycles. The summed E-state index contributed by atoms with van der Waals surface area (Å²) in [6.45, 7) is 5.80. The van der Waals surface area contributed by atoms with Crippen LogP contribution in [0.2, 0.25) is 0 Å². The van der Waals surface area contributed by atoms with Crippen LogP contribution in [0.5, 0.6) is 0 Å². The Morgan fingerprint density at radius 3 is 2.48 bits per heavy atom. The number of amides is 1. The van der Waals surface area contributed by atoms with E-state index in [1.165, 1.54) is 0 Å². The Hall–Kier alpha value is -3.47. The molecule has 1 amide bonds. The van der Waals surface area contributed by atoms with Gasteiger partial charge in [-0.25, -0.2) is 4.98 Å². The molecule has 0 spiro atoms. The van der Waals surface area contributed by atoms with Gasteiger partial charge in [-0.05, 0) is 38.5 Å². The van der Waals surface area contributed by atoms with Crippen LogP contribution in [0.1, 0.15) is 27.2 Å². The zero-order valence-corrected chi connectivity index (χ0v) is 15.4. The van der Waals surface area contributed by atoms with Crippen LogP contribution in [-0.2, 0) is 0 Å². The maximum Gasteiger partial charge on any atom is 0.259 e. The first-order valence-electron chi connectivity index (χ1n) is 8.74. The molecule has 5 nitrogen and oxygen atoms in total. The van der Waals surface area contributed by atoms with Crippen molar-refractivity contribution in [1.29, 1.82) is 0 Å². The fourth-order valence-corrected chi connectivity index (χ4v) is 3.05. The molecule has 0 aliphatic heterocycles. The van der Waals surface area contributed by atoms with Gasteiger partial charge in [-0.1, -0.05) is 53.2 Å². The lowest BCUT2D eigenvalue weighted by Crippen LogP contribution is -2.14. The molecule has 134 valence electrons. The van der Waals surface area contributed by atoms with Crippen LogP contribution in [0.4, 0.5) is 5.69 Å². The third-order valence-electron chi connectivity index (χ3n) is 4.60. The van der Waals surface area contributed by atoms with Crippen LogP contribution in [0, 0.1) is 20.8 Å². The van der Waals surface area contributed by atoms with E-state index in [1.54, 1.807) is 6.07 Å². The number of rotatable bonds is 3. The number of para-hydroxylation sites is 1. The summed E-state index contributed by atoms with van der Waals surface area (Å²) in [6.07, 6.45) is 0. The van der Waals surface area contributed by atoms with Crippen molar-refractivity contribution in [2.75, 3.05) is 5.32 Å². The second-order valence-electron chi connectivity index (χ2n) is 6.64. The monoisotopic (exact) mass is 357 g/mol. The number of pyridine rings is 1. The first-order chi connectivity index (χ1) is 13.0. The number of benzene rings is 2. The molecule has 4 rings (SSSR count). The minimum atomic E-state index is -0.212. The van der Waals surface area contributed by atoms with Gasteiger partial charge in [-0.2, -0.15) is 0 Å². The van der Waals surface area contributed by atoms with Gasteiger partial charge in [0.05, 0.1) is 22.3 Å². The van der Waals surface area contributed by atoms with E-state index < -0.39 is 0 Å². The quantitative estimate of drug-likeness (QED) is 0.556. The first-order valence-corrected chi connectivity index (χ1v) is 8.74. The van der Waals surface area contributed by atoms with Crippen molar-refractivity contribution in [3.05, 3.63) is 77.0 Å². The second kappa shape index (κ2) is 6.68. The molecular weight excluding hydrogens is 338 g/mol. The average molecular weight is 357 g/mol. The summed E-state index contributed by atoms with van der Waals surface area (Å²) in [5, 5.41) is 7.62. The van der Waals surface area contributed by atoms with Gasteiger partial charge in [-0.15, -0.1) is 0 Å². The van der Waals surface area contributed by atoms with E-state index in [9.17, 15) is 4.79 Å². The minimum absolute atomic E-state index is 0.212. The number of nitrogens with one attached hydrogen (secondary N) is 1. The molecule has 0 atom stereocenters. The number of fused-ring (bicyclic) bond motifs is 1. The first kappa shape index (κ1) is 17.0. The average Bonchev–Trinajstić information content (AvgIpc) is 3.04. The molecule has 0 fully saturated rings. The number of carbonyl (C=O) groups excluding carboxylic acids is 1. The zero-order chi connectivity index (χ0) is 19.0. The van der Waals surface area contributed by atoms with E-state index in [0.29, 0.717) is 28.1 Å². The SMILES string of the molecule is Cc1ccc(-c2cc(C(=O)Nc3ccccc3C)c3c(C)noc3n2)cc1. The predicted octanol–water partition coefficient (Wildman–Crippen LogP) is 5.07. The number of hydrogen-bond donors (Lipinski definition) is 1. The van der Waals surface area contributed by atoms with Crippen molar-refractivity contribution in [3.8, 4) is 11.3 Å². The van der Waals surface area contributed by atoms with Gasteiger partial charge in [0, 0.05) is 11.3 Å². The molecule has 0 bridgehead atoms. The summed E-state index contributed by atoms with van der Waals surface area (Å²) in [5.41, 5.74) is 6.03. The van der Waals surface area contributed by atoms with Crippen LogP contribution in [0.25, 0.3) is 22.4 Å². The highest BCUT2D eigenvalue weighted by Gasteiger charge is 2.19. The van der Waals surface area contributed by atoms with Gasteiger partial charge in [0.1, 0.15) is 0 Å². The van der Waals surface area contributed by atoms with E-state index in [4.69, 9.17) is 4.52 Å². The van der Waals surface area contributed by atoms with Crippen molar-refractivity contribution >= 4 is 22.7 Å². The van der Waals surface area contributed by atoms with E-state index in [-0.39, 0.29) is 5.91 Å². The van der Waals surface area contributed by atoms with Crippen LogP contribution in [0.15, 0.2) is 59.1 Å². The number of anilines is 1. The van der Waals surface area contributed by atoms with Crippen molar-refractivity contribution < 1.29 is 9.32 Å². The predicted molar refractivity (Wildman–Crippen MR) is 106 cm³/mol. The molecule has 2 aromatic heterocycles. The number of aryl methyl sites for hydroxylation is 3. The van der Waals surface area contributed by atoms with Crippen LogP contribution in [0.3, 0.4) is 0 Å². The number of aromatic nitrogens is 2. The lowest BCUT2D eigenvalue weighted by molar-refractivity contribution is 0.102. The van der Waals surface area contributed by atoms with Crippen LogP contribution < -0.4 is 5.32 Å². The molecule has 2 aromatic carbocycles. The molecule has 0 unspecified atom stereocenters.